The first-order valence-corrected chi connectivity index (χ1v) is 5.50. The fraction of sp³-hybridized carbons (Fsp3) is 0.615. The zero-order chi connectivity index (χ0) is 10.6. The summed E-state index contributed by atoms with van der Waals surface area (Å²) in [6.45, 7) is 6.47. The lowest BCUT2D eigenvalue weighted by Crippen LogP contribution is -2.13. The molecule has 0 radical (unpaired) electrons. The highest BCUT2D eigenvalue weighted by molar-refractivity contribution is 5.72. The SMILES string of the molecule is CC/C(C=O)=C\C1CCC(C)=CC1C. The Labute approximate surface area is 86.9 Å². The lowest BCUT2D eigenvalue weighted by molar-refractivity contribution is -0.105. The van der Waals surface area contributed by atoms with Crippen molar-refractivity contribution in [3.8, 4) is 0 Å². The first-order chi connectivity index (χ1) is 6.67. The van der Waals surface area contributed by atoms with Gasteiger partial charge in [-0.05, 0) is 43.6 Å². The van der Waals surface area contributed by atoms with Gasteiger partial charge in [-0.3, -0.25) is 4.79 Å². The highest BCUT2D eigenvalue weighted by atomic mass is 16.1. The van der Waals surface area contributed by atoms with Crippen LogP contribution >= 0.6 is 0 Å². The van der Waals surface area contributed by atoms with Gasteiger partial charge in [-0.1, -0.05) is 31.6 Å². The second-order valence-electron chi connectivity index (χ2n) is 4.29. The van der Waals surface area contributed by atoms with Gasteiger partial charge < -0.3 is 0 Å². The summed E-state index contributed by atoms with van der Waals surface area (Å²) >= 11 is 0. The molecule has 1 aliphatic carbocycles. The average Bonchev–Trinajstić information content (AvgIpc) is 2.17. The predicted molar refractivity (Wildman–Crippen MR) is 60.1 cm³/mol. The molecule has 0 fully saturated rings. The summed E-state index contributed by atoms with van der Waals surface area (Å²) in [5, 5.41) is 0. The van der Waals surface area contributed by atoms with Crippen LogP contribution in [0, 0.1) is 11.8 Å². The van der Waals surface area contributed by atoms with Gasteiger partial charge in [0.2, 0.25) is 0 Å². The van der Waals surface area contributed by atoms with E-state index in [0.717, 1.165) is 18.3 Å². The summed E-state index contributed by atoms with van der Waals surface area (Å²) in [4.78, 5) is 10.7. The number of aldehydes is 1. The Morgan fingerprint density at radius 3 is 2.86 bits per heavy atom. The molecule has 0 spiro atoms. The van der Waals surface area contributed by atoms with Crippen molar-refractivity contribution in [2.75, 3.05) is 0 Å². The first kappa shape index (κ1) is 11.2. The fourth-order valence-electron chi connectivity index (χ4n) is 2.06. The summed E-state index contributed by atoms with van der Waals surface area (Å²) in [7, 11) is 0. The number of carbonyl (C=O) groups excluding carboxylic acids is 1. The number of hydrogen-bond acceptors (Lipinski definition) is 1. The molecule has 0 aromatic carbocycles. The molecule has 0 saturated heterocycles. The van der Waals surface area contributed by atoms with Gasteiger partial charge in [-0.2, -0.15) is 0 Å². The minimum atomic E-state index is 0.568. The molecule has 1 heteroatoms. The van der Waals surface area contributed by atoms with Crippen molar-refractivity contribution in [3.63, 3.8) is 0 Å². The van der Waals surface area contributed by atoms with Gasteiger partial charge in [0.25, 0.3) is 0 Å². The summed E-state index contributed by atoms with van der Waals surface area (Å²) in [5.74, 6) is 1.16. The van der Waals surface area contributed by atoms with Crippen LogP contribution in [0.3, 0.4) is 0 Å². The molecule has 0 aliphatic heterocycles. The fourth-order valence-corrected chi connectivity index (χ4v) is 2.06. The monoisotopic (exact) mass is 192 g/mol. The van der Waals surface area contributed by atoms with E-state index in [-0.39, 0.29) is 0 Å². The second-order valence-corrected chi connectivity index (χ2v) is 4.29. The van der Waals surface area contributed by atoms with Crippen LogP contribution in [0.15, 0.2) is 23.3 Å². The quantitative estimate of drug-likeness (QED) is 0.380. The minimum Gasteiger partial charge on any atom is -0.298 e. The molecule has 0 bridgehead atoms. The summed E-state index contributed by atoms with van der Waals surface area (Å²) < 4.78 is 0. The number of allylic oxidation sites excluding steroid dienone is 4. The average molecular weight is 192 g/mol. The Hall–Kier alpha value is -0.850. The smallest absolute Gasteiger partial charge is 0.145 e. The minimum absolute atomic E-state index is 0.568. The van der Waals surface area contributed by atoms with Crippen LogP contribution in [-0.4, -0.2) is 6.29 Å². The Morgan fingerprint density at radius 2 is 2.36 bits per heavy atom. The third-order valence-electron chi connectivity index (χ3n) is 3.08. The second kappa shape index (κ2) is 5.14. The number of hydrogen-bond donors (Lipinski definition) is 0. The van der Waals surface area contributed by atoms with Crippen LogP contribution in [0.5, 0.6) is 0 Å². The summed E-state index contributed by atoms with van der Waals surface area (Å²) in [5.41, 5.74) is 2.45. The van der Waals surface area contributed by atoms with Crippen molar-refractivity contribution in [1.29, 1.82) is 0 Å². The van der Waals surface area contributed by atoms with E-state index in [4.69, 9.17) is 0 Å². The zero-order valence-corrected chi connectivity index (χ0v) is 9.42. The van der Waals surface area contributed by atoms with E-state index < -0.39 is 0 Å². The van der Waals surface area contributed by atoms with Crippen molar-refractivity contribution in [1.82, 2.24) is 0 Å². The molecule has 1 nitrogen and oxygen atoms in total. The molecule has 0 aromatic rings. The van der Waals surface area contributed by atoms with Crippen LogP contribution in [0.1, 0.15) is 40.0 Å². The molecule has 0 N–H and O–H groups in total. The molecule has 1 aliphatic rings. The normalized spacial score (nSPS) is 28.5. The Kier molecular flexibility index (Phi) is 4.12. The van der Waals surface area contributed by atoms with E-state index in [9.17, 15) is 4.79 Å². The molecule has 0 saturated carbocycles. The van der Waals surface area contributed by atoms with Gasteiger partial charge in [0, 0.05) is 0 Å². The van der Waals surface area contributed by atoms with E-state index in [1.54, 1.807) is 0 Å². The van der Waals surface area contributed by atoms with Crippen molar-refractivity contribution in [2.24, 2.45) is 11.8 Å². The van der Waals surface area contributed by atoms with E-state index in [0.29, 0.717) is 11.8 Å². The molecule has 2 unspecified atom stereocenters. The molecule has 0 amide bonds. The maximum Gasteiger partial charge on any atom is 0.145 e. The maximum atomic E-state index is 10.7. The maximum absolute atomic E-state index is 10.7. The number of rotatable bonds is 3. The standard InChI is InChI=1S/C13H20O/c1-4-12(9-14)8-13-6-5-10(2)7-11(13)3/h7-9,11,13H,4-6H2,1-3H3/b12-8+. The molecule has 0 heterocycles. The van der Waals surface area contributed by atoms with Gasteiger partial charge in [0.15, 0.2) is 0 Å². The molecular formula is C13H20O. The lowest BCUT2D eigenvalue weighted by atomic mass is 9.81. The van der Waals surface area contributed by atoms with E-state index in [1.165, 1.54) is 18.4 Å². The van der Waals surface area contributed by atoms with Gasteiger partial charge in [0.05, 0.1) is 0 Å². The van der Waals surface area contributed by atoms with Gasteiger partial charge in [-0.25, -0.2) is 0 Å². The molecule has 0 aromatic heterocycles. The van der Waals surface area contributed by atoms with Gasteiger partial charge in [0.1, 0.15) is 6.29 Å². The lowest BCUT2D eigenvalue weighted by Gasteiger charge is -2.24. The molecular weight excluding hydrogens is 172 g/mol. The van der Waals surface area contributed by atoms with Crippen LogP contribution in [0.25, 0.3) is 0 Å². The zero-order valence-electron chi connectivity index (χ0n) is 9.42. The van der Waals surface area contributed by atoms with Crippen LogP contribution in [0.2, 0.25) is 0 Å². The van der Waals surface area contributed by atoms with Crippen LogP contribution in [-0.2, 0) is 4.79 Å². The summed E-state index contributed by atoms with van der Waals surface area (Å²) in [6, 6.07) is 0. The first-order valence-electron chi connectivity index (χ1n) is 5.50. The topological polar surface area (TPSA) is 17.1 Å². The van der Waals surface area contributed by atoms with Crippen molar-refractivity contribution < 1.29 is 4.79 Å². The van der Waals surface area contributed by atoms with E-state index in [1.807, 2.05) is 6.92 Å². The van der Waals surface area contributed by atoms with Crippen molar-refractivity contribution in [3.05, 3.63) is 23.3 Å². The number of carbonyl (C=O) groups is 1. The Morgan fingerprint density at radius 1 is 1.64 bits per heavy atom. The van der Waals surface area contributed by atoms with Crippen LogP contribution in [0.4, 0.5) is 0 Å². The highest BCUT2D eigenvalue weighted by Gasteiger charge is 2.17. The van der Waals surface area contributed by atoms with E-state index >= 15 is 0 Å². The highest BCUT2D eigenvalue weighted by Crippen LogP contribution is 2.30. The Bertz CT molecular complexity index is 260. The molecule has 14 heavy (non-hydrogen) atoms. The largest absolute Gasteiger partial charge is 0.298 e. The molecule has 78 valence electrons. The molecule has 1 rings (SSSR count). The third kappa shape index (κ3) is 2.83. The van der Waals surface area contributed by atoms with Gasteiger partial charge in [-0.15, -0.1) is 0 Å². The summed E-state index contributed by atoms with van der Waals surface area (Å²) in [6.07, 6.45) is 8.73. The molecule has 2 atom stereocenters. The van der Waals surface area contributed by atoms with Crippen molar-refractivity contribution in [2.45, 2.75) is 40.0 Å². The third-order valence-corrected chi connectivity index (χ3v) is 3.08. The van der Waals surface area contributed by atoms with Crippen LogP contribution < -0.4 is 0 Å². The van der Waals surface area contributed by atoms with E-state index in [2.05, 4.69) is 26.0 Å². The van der Waals surface area contributed by atoms with Gasteiger partial charge >= 0.3 is 0 Å². The predicted octanol–water partition coefficient (Wildman–Crippen LogP) is 3.51. The Balaban J connectivity index is 2.71. The van der Waals surface area contributed by atoms with Crippen molar-refractivity contribution >= 4 is 6.29 Å².